The van der Waals surface area contributed by atoms with E-state index < -0.39 is 55.6 Å². The van der Waals surface area contributed by atoms with Crippen LogP contribution in [0.15, 0.2) is 29.2 Å². The maximum Gasteiger partial charge on any atom is 0.263 e. The van der Waals surface area contributed by atoms with Crippen LogP contribution in [0.5, 0.6) is 5.75 Å². The van der Waals surface area contributed by atoms with E-state index in [2.05, 4.69) is 10.1 Å². The standard InChI is InChI=1S/C15H11F4N3O4S2/c1-26-13-11(18)9(16)8(10(17)12(13)19)14(23)22-15(27)21-6-2-4-7(5-3-6)28(20,24)25/h2-5H,1H3,(H2,20,24,25)(H2,21,22,23,27). The van der Waals surface area contributed by atoms with Crippen molar-refractivity contribution in [1.29, 1.82) is 0 Å². The number of thiocarbonyl (C=S) groups is 1. The van der Waals surface area contributed by atoms with E-state index in [9.17, 15) is 30.8 Å². The Hall–Kier alpha value is -2.77. The molecular formula is C15H11F4N3O4S2. The zero-order valence-corrected chi connectivity index (χ0v) is 15.5. The van der Waals surface area contributed by atoms with Crippen molar-refractivity contribution in [3.8, 4) is 5.75 Å². The van der Waals surface area contributed by atoms with Crippen molar-refractivity contribution in [2.24, 2.45) is 5.14 Å². The van der Waals surface area contributed by atoms with Gasteiger partial charge in [0.05, 0.1) is 12.0 Å². The highest BCUT2D eigenvalue weighted by Crippen LogP contribution is 2.29. The van der Waals surface area contributed by atoms with Crippen molar-refractivity contribution in [3.63, 3.8) is 0 Å². The fourth-order valence-corrected chi connectivity index (χ4v) is 2.77. The van der Waals surface area contributed by atoms with Crippen LogP contribution in [0.2, 0.25) is 0 Å². The predicted molar refractivity (Wildman–Crippen MR) is 94.3 cm³/mol. The quantitative estimate of drug-likeness (QED) is 0.384. The van der Waals surface area contributed by atoms with E-state index in [0.717, 1.165) is 19.2 Å². The van der Waals surface area contributed by atoms with Crippen molar-refractivity contribution >= 4 is 38.9 Å². The van der Waals surface area contributed by atoms with Crippen molar-refractivity contribution in [3.05, 3.63) is 53.1 Å². The van der Waals surface area contributed by atoms with Crippen molar-refractivity contribution in [2.45, 2.75) is 4.90 Å². The van der Waals surface area contributed by atoms with E-state index >= 15 is 0 Å². The van der Waals surface area contributed by atoms with Gasteiger partial charge in [-0.1, -0.05) is 0 Å². The number of carbonyl (C=O) groups excluding carboxylic acids is 1. The average molecular weight is 437 g/mol. The minimum atomic E-state index is -3.92. The van der Waals surface area contributed by atoms with Gasteiger partial charge in [-0.3, -0.25) is 10.1 Å². The number of nitrogens with one attached hydrogen (secondary N) is 2. The fourth-order valence-electron chi connectivity index (χ4n) is 2.05. The Morgan fingerprint density at radius 1 is 1.04 bits per heavy atom. The molecule has 0 fully saturated rings. The second-order valence-corrected chi connectivity index (χ2v) is 7.11. The predicted octanol–water partition coefficient (Wildman–Crippen LogP) is 2.03. The zero-order chi connectivity index (χ0) is 21.2. The highest BCUT2D eigenvalue weighted by Gasteiger charge is 2.30. The zero-order valence-electron chi connectivity index (χ0n) is 13.8. The molecule has 0 aromatic heterocycles. The Morgan fingerprint density at radius 3 is 1.96 bits per heavy atom. The molecule has 2 aromatic rings. The first-order valence-electron chi connectivity index (χ1n) is 7.12. The SMILES string of the molecule is COc1c(F)c(F)c(C(=O)NC(=S)Nc2ccc(S(N)(=O)=O)cc2)c(F)c1F. The molecule has 0 unspecified atom stereocenters. The monoisotopic (exact) mass is 437 g/mol. The number of primary sulfonamides is 1. The topological polar surface area (TPSA) is 111 Å². The summed E-state index contributed by atoms with van der Waals surface area (Å²) in [5.41, 5.74) is -1.35. The number of hydrogen-bond acceptors (Lipinski definition) is 5. The van der Waals surface area contributed by atoms with Crippen LogP contribution in [0.1, 0.15) is 10.4 Å². The van der Waals surface area contributed by atoms with E-state index in [4.69, 9.17) is 17.4 Å². The van der Waals surface area contributed by atoms with Crippen LogP contribution in [-0.2, 0) is 10.0 Å². The van der Waals surface area contributed by atoms with Crippen LogP contribution in [0.4, 0.5) is 23.2 Å². The third-order valence-electron chi connectivity index (χ3n) is 3.32. The number of hydrogen-bond donors (Lipinski definition) is 3. The average Bonchev–Trinajstić information content (AvgIpc) is 2.60. The number of anilines is 1. The molecule has 13 heteroatoms. The first kappa shape index (κ1) is 21.5. The number of methoxy groups -OCH3 is 1. The largest absolute Gasteiger partial charge is 0.491 e. The fraction of sp³-hybridized carbons (Fsp3) is 0.0667. The Bertz CT molecular complexity index is 1030. The number of ether oxygens (including phenoxy) is 1. The van der Waals surface area contributed by atoms with E-state index in [1.807, 2.05) is 5.32 Å². The van der Waals surface area contributed by atoms with Crippen molar-refractivity contribution in [2.75, 3.05) is 12.4 Å². The van der Waals surface area contributed by atoms with Crippen LogP contribution < -0.4 is 20.5 Å². The van der Waals surface area contributed by atoms with Gasteiger partial charge >= 0.3 is 0 Å². The highest BCUT2D eigenvalue weighted by molar-refractivity contribution is 7.89. The Kier molecular flexibility index (Phi) is 6.21. The molecule has 0 aliphatic heterocycles. The van der Waals surface area contributed by atoms with Gasteiger partial charge in [0.15, 0.2) is 22.5 Å². The number of benzene rings is 2. The summed E-state index contributed by atoms with van der Waals surface area (Å²) < 4.78 is 81.8. The van der Waals surface area contributed by atoms with Gasteiger partial charge in [-0.15, -0.1) is 0 Å². The van der Waals surface area contributed by atoms with Gasteiger partial charge < -0.3 is 10.1 Å². The molecule has 0 atom stereocenters. The van der Waals surface area contributed by atoms with E-state index in [1.165, 1.54) is 12.1 Å². The molecule has 2 rings (SSSR count). The number of halogens is 4. The summed E-state index contributed by atoms with van der Waals surface area (Å²) >= 11 is 4.78. The van der Waals surface area contributed by atoms with Gasteiger partial charge in [-0.05, 0) is 36.5 Å². The summed E-state index contributed by atoms with van der Waals surface area (Å²) in [6, 6.07) is 4.75. The molecule has 0 aliphatic rings. The van der Waals surface area contributed by atoms with Gasteiger partial charge in [-0.25, -0.2) is 22.3 Å². The molecule has 0 saturated carbocycles. The van der Waals surface area contributed by atoms with Gasteiger partial charge in [0, 0.05) is 5.69 Å². The molecule has 0 spiro atoms. The molecule has 0 bridgehead atoms. The minimum absolute atomic E-state index is 0.186. The molecule has 2 aromatic carbocycles. The van der Waals surface area contributed by atoms with Crippen LogP contribution in [0, 0.1) is 23.3 Å². The van der Waals surface area contributed by atoms with Gasteiger partial charge in [0.25, 0.3) is 5.91 Å². The third kappa shape index (κ3) is 4.37. The molecule has 0 saturated heterocycles. The number of rotatable bonds is 4. The first-order valence-corrected chi connectivity index (χ1v) is 9.08. The molecule has 7 nitrogen and oxygen atoms in total. The second-order valence-electron chi connectivity index (χ2n) is 5.14. The molecule has 150 valence electrons. The smallest absolute Gasteiger partial charge is 0.263 e. The lowest BCUT2D eigenvalue weighted by molar-refractivity contribution is 0.0966. The Labute approximate surface area is 161 Å². The van der Waals surface area contributed by atoms with Crippen LogP contribution in [0.25, 0.3) is 0 Å². The minimum Gasteiger partial charge on any atom is -0.491 e. The molecular weight excluding hydrogens is 426 g/mol. The lowest BCUT2D eigenvalue weighted by Crippen LogP contribution is -2.35. The number of carbonyl (C=O) groups is 1. The van der Waals surface area contributed by atoms with E-state index in [-0.39, 0.29) is 10.6 Å². The maximum absolute atomic E-state index is 13.9. The highest BCUT2D eigenvalue weighted by atomic mass is 32.2. The first-order chi connectivity index (χ1) is 13.0. The number of nitrogens with two attached hydrogens (primary N) is 1. The van der Waals surface area contributed by atoms with Crippen molar-refractivity contribution < 1.29 is 35.5 Å². The Morgan fingerprint density at radius 2 is 1.54 bits per heavy atom. The molecule has 28 heavy (non-hydrogen) atoms. The van der Waals surface area contributed by atoms with Crippen molar-refractivity contribution in [1.82, 2.24) is 5.32 Å². The van der Waals surface area contributed by atoms with E-state index in [1.54, 1.807) is 0 Å². The van der Waals surface area contributed by atoms with Crippen LogP contribution >= 0.6 is 12.2 Å². The van der Waals surface area contributed by atoms with Crippen LogP contribution in [0.3, 0.4) is 0 Å². The molecule has 4 N–H and O–H groups in total. The molecule has 0 radical (unpaired) electrons. The molecule has 1 amide bonds. The normalized spacial score (nSPS) is 11.1. The summed E-state index contributed by atoms with van der Waals surface area (Å²) in [5.74, 6) is -10.6. The van der Waals surface area contributed by atoms with Crippen LogP contribution in [-0.4, -0.2) is 26.5 Å². The third-order valence-corrected chi connectivity index (χ3v) is 4.46. The number of amides is 1. The maximum atomic E-state index is 13.9. The summed E-state index contributed by atoms with van der Waals surface area (Å²) in [7, 11) is -3.13. The summed E-state index contributed by atoms with van der Waals surface area (Å²) in [6.07, 6.45) is 0. The Balaban J connectivity index is 2.20. The molecule has 0 heterocycles. The van der Waals surface area contributed by atoms with E-state index in [0.29, 0.717) is 0 Å². The summed E-state index contributed by atoms with van der Waals surface area (Å²) in [5, 5.41) is 8.72. The van der Waals surface area contributed by atoms with Gasteiger partial charge in [0.1, 0.15) is 5.56 Å². The number of sulfonamides is 1. The van der Waals surface area contributed by atoms with Gasteiger partial charge in [-0.2, -0.15) is 8.78 Å². The lowest BCUT2D eigenvalue weighted by Gasteiger charge is -2.13. The summed E-state index contributed by atoms with van der Waals surface area (Å²) in [6.45, 7) is 0. The lowest BCUT2D eigenvalue weighted by atomic mass is 10.1. The summed E-state index contributed by atoms with van der Waals surface area (Å²) in [4.78, 5) is 11.8. The van der Waals surface area contributed by atoms with Gasteiger partial charge in [0.2, 0.25) is 21.7 Å². The molecule has 0 aliphatic carbocycles. The second kappa shape index (κ2) is 8.08.